The SMILES string of the molecule is Cc1ccccc1N1c2cc(N(c3ccccc3)c3ccccc3)cc3c2B(c2cccc(C)c21)c1c(C)cccc1-3. The second kappa shape index (κ2) is 9.53. The average molecular weight is 539 g/mol. The number of benzene rings is 6. The van der Waals surface area contributed by atoms with Crippen LogP contribution in [0.3, 0.4) is 0 Å². The van der Waals surface area contributed by atoms with Crippen LogP contribution in [0.2, 0.25) is 0 Å². The predicted octanol–water partition coefficient (Wildman–Crippen LogP) is 8.36. The fourth-order valence-electron chi connectivity index (χ4n) is 7.22. The first-order chi connectivity index (χ1) is 20.6. The zero-order valence-electron chi connectivity index (χ0n) is 24.2. The first-order valence-corrected chi connectivity index (χ1v) is 14.7. The van der Waals surface area contributed by atoms with Crippen LogP contribution in [0.4, 0.5) is 34.1 Å². The van der Waals surface area contributed by atoms with Gasteiger partial charge >= 0.3 is 0 Å². The molecule has 0 spiro atoms. The molecule has 0 N–H and O–H groups in total. The number of rotatable bonds is 4. The van der Waals surface area contributed by atoms with Crippen LogP contribution in [0.1, 0.15) is 16.7 Å². The summed E-state index contributed by atoms with van der Waals surface area (Å²) in [5, 5.41) is 0. The van der Waals surface area contributed by atoms with E-state index in [9.17, 15) is 0 Å². The van der Waals surface area contributed by atoms with Gasteiger partial charge in [-0.2, -0.15) is 0 Å². The molecule has 0 radical (unpaired) electrons. The van der Waals surface area contributed by atoms with Crippen molar-refractivity contribution in [2.45, 2.75) is 20.8 Å². The van der Waals surface area contributed by atoms with Crippen LogP contribution in [0.15, 0.2) is 133 Å². The minimum absolute atomic E-state index is 0.206. The highest BCUT2D eigenvalue weighted by Gasteiger charge is 2.44. The molecule has 0 amide bonds. The quantitative estimate of drug-likeness (QED) is 0.208. The molecule has 2 nitrogen and oxygen atoms in total. The van der Waals surface area contributed by atoms with Crippen LogP contribution < -0.4 is 26.2 Å². The molecule has 0 saturated heterocycles. The van der Waals surface area contributed by atoms with Gasteiger partial charge in [0.2, 0.25) is 6.71 Å². The molecule has 0 unspecified atom stereocenters. The highest BCUT2D eigenvalue weighted by molar-refractivity contribution is 7.01. The Morgan fingerprint density at radius 3 is 1.81 bits per heavy atom. The summed E-state index contributed by atoms with van der Waals surface area (Å²) in [4.78, 5) is 4.93. The Kier molecular flexibility index (Phi) is 5.62. The molecule has 2 aliphatic heterocycles. The van der Waals surface area contributed by atoms with Gasteiger partial charge in [-0.1, -0.05) is 102 Å². The van der Waals surface area contributed by atoms with Crippen molar-refractivity contribution in [1.82, 2.24) is 0 Å². The van der Waals surface area contributed by atoms with Crippen molar-refractivity contribution in [2.24, 2.45) is 0 Å². The van der Waals surface area contributed by atoms with E-state index in [2.05, 4.69) is 164 Å². The van der Waals surface area contributed by atoms with Crippen molar-refractivity contribution in [3.05, 3.63) is 150 Å². The van der Waals surface area contributed by atoms with Crippen molar-refractivity contribution in [2.75, 3.05) is 9.80 Å². The second-order valence-electron chi connectivity index (χ2n) is 11.5. The van der Waals surface area contributed by atoms with Gasteiger partial charge in [-0.15, -0.1) is 0 Å². The lowest BCUT2D eigenvalue weighted by molar-refractivity contribution is 1.22. The zero-order chi connectivity index (χ0) is 28.4. The van der Waals surface area contributed by atoms with E-state index < -0.39 is 0 Å². The van der Waals surface area contributed by atoms with E-state index >= 15 is 0 Å². The Hall–Kier alpha value is -5.02. The van der Waals surface area contributed by atoms with E-state index in [-0.39, 0.29) is 6.71 Å². The van der Waals surface area contributed by atoms with Gasteiger partial charge in [0, 0.05) is 34.1 Å². The summed E-state index contributed by atoms with van der Waals surface area (Å²) in [6.07, 6.45) is 0. The predicted molar refractivity (Wildman–Crippen MR) is 180 cm³/mol. The molecular formula is C39H31BN2. The Labute approximate surface area is 248 Å². The summed E-state index contributed by atoms with van der Waals surface area (Å²) in [5.74, 6) is 0. The van der Waals surface area contributed by atoms with E-state index in [0.29, 0.717) is 0 Å². The molecule has 0 atom stereocenters. The van der Waals surface area contributed by atoms with Crippen molar-refractivity contribution in [1.29, 1.82) is 0 Å². The van der Waals surface area contributed by atoms with E-state index in [1.165, 1.54) is 61.3 Å². The third-order valence-electron chi connectivity index (χ3n) is 9.02. The van der Waals surface area contributed by atoms with Crippen LogP contribution in [-0.2, 0) is 0 Å². The van der Waals surface area contributed by atoms with E-state index in [0.717, 1.165) is 17.1 Å². The van der Waals surface area contributed by atoms with E-state index in [1.807, 2.05) is 0 Å². The lowest BCUT2D eigenvalue weighted by Gasteiger charge is -2.39. The van der Waals surface area contributed by atoms with Crippen molar-refractivity contribution in [3.8, 4) is 11.1 Å². The van der Waals surface area contributed by atoms with Gasteiger partial charge < -0.3 is 9.80 Å². The molecule has 6 aromatic rings. The molecule has 6 aromatic carbocycles. The van der Waals surface area contributed by atoms with Crippen LogP contribution in [0.25, 0.3) is 11.1 Å². The van der Waals surface area contributed by atoms with Gasteiger partial charge in [-0.25, -0.2) is 0 Å². The molecule has 0 fully saturated rings. The standard InChI is InChI=1S/C39H31BN2/c1-26-14-10-11-23-35(26)42-36-25-31(41(29-17-6-4-7-18-29)30-19-8-5-9-20-30)24-33-32-21-12-15-27(2)37(32)40(38(33)36)34-22-13-16-28(3)39(34)42/h4-25H,1-3H3. The maximum atomic E-state index is 2.54. The summed E-state index contributed by atoms with van der Waals surface area (Å²) >= 11 is 0. The Bertz CT molecular complexity index is 1940. The van der Waals surface area contributed by atoms with Gasteiger partial charge in [0.25, 0.3) is 0 Å². The lowest BCUT2D eigenvalue weighted by Crippen LogP contribution is -2.55. The number of anilines is 6. The number of hydrogen-bond donors (Lipinski definition) is 0. The van der Waals surface area contributed by atoms with Crippen molar-refractivity contribution in [3.63, 3.8) is 0 Å². The van der Waals surface area contributed by atoms with Gasteiger partial charge in [-0.05, 0) is 96.4 Å². The maximum Gasteiger partial charge on any atom is 0.248 e. The monoisotopic (exact) mass is 538 g/mol. The highest BCUT2D eigenvalue weighted by Crippen LogP contribution is 2.46. The smallest absolute Gasteiger partial charge is 0.248 e. The third-order valence-corrected chi connectivity index (χ3v) is 9.02. The summed E-state index contributed by atoms with van der Waals surface area (Å²) in [6.45, 7) is 6.96. The number of nitrogens with zero attached hydrogens (tertiary/aromatic N) is 2. The molecule has 3 heteroatoms. The van der Waals surface area contributed by atoms with Crippen LogP contribution in [0.5, 0.6) is 0 Å². The van der Waals surface area contributed by atoms with Gasteiger partial charge in [0.1, 0.15) is 0 Å². The molecular weight excluding hydrogens is 507 g/mol. The first kappa shape index (κ1) is 24.8. The van der Waals surface area contributed by atoms with Crippen LogP contribution >= 0.6 is 0 Å². The number of hydrogen-bond acceptors (Lipinski definition) is 2. The molecule has 200 valence electrons. The minimum atomic E-state index is 0.206. The largest absolute Gasteiger partial charge is 0.311 e. The van der Waals surface area contributed by atoms with Crippen molar-refractivity contribution < 1.29 is 0 Å². The molecule has 0 saturated carbocycles. The number of para-hydroxylation sites is 4. The second-order valence-corrected chi connectivity index (χ2v) is 11.5. The Morgan fingerprint density at radius 1 is 0.476 bits per heavy atom. The van der Waals surface area contributed by atoms with Gasteiger partial charge in [-0.3, -0.25) is 0 Å². The number of fused-ring (bicyclic) bond motifs is 5. The summed E-state index contributed by atoms with van der Waals surface area (Å²) in [6, 6.07) is 48.7. The highest BCUT2D eigenvalue weighted by atomic mass is 15.2. The topological polar surface area (TPSA) is 6.48 Å². The molecule has 0 aliphatic carbocycles. The average Bonchev–Trinajstić information content (AvgIpc) is 3.36. The van der Waals surface area contributed by atoms with E-state index in [1.54, 1.807) is 0 Å². The van der Waals surface area contributed by atoms with Crippen LogP contribution in [0, 0.1) is 20.8 Å². The minimum Gasteiger partial charge on any atom is -0.311 e. The van der Waals surface area contributed by atoms with Gasteiger partial charge in [0.15, 0.2) is 0 Å². The summed E-state index contributed by atoms with van der Waals surface area (Å²) in [7, 11) is 0. The third kappa shape index (κ3) is 3.60. The van der Waals surface area contributed by atoms with Crippen molar-refractivity contribution >= 4 is 57.2 Å². The Balaban J connectivity index is 1.50. The molecule has 0 aromatic heterocycles. The Morgan fingerprint density at radius 2 is 1.10 bits per heavy atom. The fourth-order valence-corrected chi connectivity index (χ4v) is 7.22. The van der Waals surface area contributed by atoms with Gasteiger partial charge in [0.05, 0.1) is 0 Å². The first-order valence-electron chi connectivity index (χ1n) is 14.7. The van der Waals surface area contributed by atoms with Crippen LogP contribution in [-0.4, -0.2) is 6.71 Å². The zero-order valence-corrected chi connectivity index (χ0v) is 24.2. The maximum absolute atomic E-state index is 2.54. The molecule has 2 heterocycles. The van der Waals surface area contributed by atoms with E-state index in [4.69, 9.17) is 0 Å². The lowest BCUT2D eigenvalue weighted by atomic mass is 9.36. The molecule has 42 heavy (non-hydrogen) atoms. The normalized spacial score (nSPS) is 12.5. The summed E-state index contributed by atoms with van der Waals surface area (Å²) < 4.78 is 0. The fraction of sp³-hybridized carbons (Fsp3) is 0.0769. The molecule has 0 bridgehead atoms. The summed E-state index contributed by atoms with van der Waals surface area (Å²) in [5.41, 5.74) is 18.0. The molecule has 2 aliphatic rings. The molecule has 8 rings (SSSR count). The number of aryl methyl sites for hydroxylation is 3.